The van der Waals surface area contributed by atoms with Crippen molar-refractivity contribution >= 4 is 43.6 Å². The molecule has 0 aliphatic rings. The van der Waals surface area contributed by atoms with Gasteiger partial charge in [-0.05, 0) is 37.1 Å². The van der Waals surface area contributed by atoms with Gasteiger partial charge >= 0.3 is 0 Å². The van der Waals surface area contributed by atoms with E-state index in [1.807, 2.05) is 0 Å². The summed E-state index contributed by atoms with van der Waals surface area (Å²) in [6.45, 7) is 2.09. The predicted octanol–water partition coefficient (Wildman–Crippen LogP) is 7.38. The van der Waals surface area contributed by atoms with E-state index in [2.05, 4.69) is 106 Å². The van der Waals surface area contributed by atoms with E-state index in [9.17, 15) is 0 Å². The molecule has 0 saturated heterocycles. The molecule has 30 heavy (non-hydrogen) atoms. The molecule has 0 aliphatic heterocycles. The molecule has 0 bridgehead atoms. The Morgan fingerprint density at radius 3 is 0.933 bits per heavy atom. The highest BCUT2D eigenvalue weighted by atomic mass is 15.0. The number of nitrogens with zero attached hydrogens (tertiary/aromatic N) is 2. The number of unbranched alkanes of at least 4 members (excludes halogenated alkanes) is 1. The average molecular weight is 389 g/mol. The van der Waals surface area contributed by atoms with Gasteiger partial charge in [-0.15, -0.1) is 0 Å². The van der Waals surface area contributed by atoms with Gasteiger partial charge in [0.2, 0.25) is 0 Å². The minimum absolute atomic E-state index is 1.05. The highest BCUT2D eigenvalue weighted by Gasteiger charge is 2.11. The molecule has 0 atom stereocenters. The molecule has 0 aliphatic carbocycles. The molecule has 0 spiro atoms. The van der Waals surface area contributed by atoms with Crippen molar-refractivity contribution in [3.8, 4) is 0 Å². The van der Waals surface area contributed by atoms with Crippen LogP contribution in [0, 0.1) is 0 Å². The molecule has 2 heterocycles. The quantitative estimate of drug-likeness (QED) is 0.273. The predicted molar refractivity (Wildman–Crippen MR) is 128 cm³/mol. The van der Waals surface area contributed by atoms with Crippen LogP contribution in [-0.2, 0) is 13.1 Å². The van der Waals surface area contributed by atoms with Crippen LogP contribution in [0.25, 0.3) is 43.6 Å². The molecule has 146 valence electrons. The van der Waals surface area contributed by atoms with Crippen molar-refractivity contribution in [3.05, 3.63) is 97.1 Å². The molecule has 6 aromatic rings. The first-order valence-corrected chi connectivity index (χ1v) is 10.8. The first-order chi connectivity index (χ1) is 14.9. The van der Waals surface area contributed by atoms with Crippen LogP contribution in [0.3, 0.4) is 0 Å². The lowest BCUT2D eigenvalue weighted by molar-refractivity contribution is 0.583. The Morgan fingerprint density at radius 1 is 0.367 bits per heavy atom. The lowest BCUT2D eigenvalue weighted by atomic mass is 10.2. The number of benzene rings is 4. The zero-order chi connectivity index (χ0) is 19.9. The summed E-state index contributed by atoms with van der Waals surface area (Å²) >= 11 is 0. The first-order valence-electron chi connectivity index (χ1n) is 10.8. The first kappa shape index (κ1) is 17.3. The monoisotopic (exact) mass is 388 g/mol. The van der Waals surface area contributed by atoms with Crippen LogP contribution < -0.4 is 0 Å². The molecule has 2 heteroatoms. The Kier molecular flexibility index (Phi) is 4.09. The van der Waals surface area contributed by atoms with Crippen LogP contribution in [0.2, 0.25) is 0 Å². The van der Waals surface area contributed by atoms with Crippen LogP contribution >= 0.6 is 0 Å². The van der Waals surface area contributed by atoms with E-state index in [-0.39, 0.29) is 0 Å². The normalized spacial score (nSPS) is 11.9. The molecule has 2 nitrogen and oxygen atoms in total. The summed E-state index contributed by atoms with van der Waals surface area (Å²) in [7, 11) is 0. The second-order valence-electron chi connectivity index (χ2n) is 8.08. The summed E-state index contributed by atoms with van der Waals surface area (Å²) in [5.41, 5.74) is 5.37. The Balaban J connectivity index is 1.29. The maximum absolute atomic E-state index is 2.50. The van der Waals surface area contributed by atoms with E-state index in [1.165, 1.54) is 43.6 Å². The average Bonchev–Trinajstić information content (AvgIpc) is 3.30. The Bertz CT molecular complexity index is 1280. The van der Waals surface area contributed by atoms with Crippen molar-refractivity contribution < 1.29 is 0 Å². The number of para-hydroxylation sites is 4. The summed E-state index contributed by atoms with van der Waals surface area (Å²) in [5.74, 6) is 0. The standard InChI is InChI=1S/C28H24N2/c1-5-15-25-21(11-1)22-12-2-6-16-26(22)29(25)19-9-10-20-30-27-17-7-3-13-23(27)24-14-4-8-18-28(24)30/h1-8,11-18H,9-10,19-20H2. The largest absolute Gasteiger partial charge is 0.340 e. The maximum atomic E-state index is 2.50. The third kappa shape index (κ3) is 2.64. The summed E-state index contributed by atoms with van der Waals surface area (Å²) in [6, 6.07) is 35.1. The third-order valence-electron chi connectivity index (χ3n) is 6.37. The van der Waals surface area contributed by atoms with Crippen molar-refractivity contribution in [3.63, 3.8) is 0 Å². The number of rotatable bonds is 5. The zero-order valence-corrected chi connectivity index (χ0v) is 17.0. The van der Waals surface area contributed by atoms with Crippen molar-refractivity contribution in [2.75, 3.05) is 0 Å². The highest BCUT2D eigenvalue weighted by molar-refractivity contribution is 6.08. The van der Waals surface area contributed by atoms with Crippen molar-refractivity contribution in [2.45, 2.75) is 25.9 Å². The fraction of sp³-hybridized carbons (Fsp3) is 0.143. The fourth-order valence-electron chi connectivity index (χ4n) is 5.03. The molecule has 0 amide bonds. The van der Waals surface area contributed by atoms with Crippen molar-refractivity contribution in [1.82, 2.24) is 9.13 Å². The van der Waals surface area contributed by atoms with Crippen LogP contribution in [0.5, 0.6) is 0 Å². The summed E-state index contributed by atoms with van der Waals surface area (Å²) < 4.78 is 4.99. The number of aryl methyl sites for hydroxylation is 2. The molecule has 0 N–H and O–H groups in total. The van der Waals surface area contributed by atoms with Gasteiger partial charge in [0.05, 0.1) is 0 Å². The minimum atomic E-state index is 1.05. The van der Waals surface area contributed by atoms with E-state index < -0.39 is 0 Å². The SMILES string of the molecule is c1ccc2c(c1)c1ccccc1n2CCCCn1c2ccccc2c2ccccc21. The van der Waals surface area contributed by atoms with E-state index in [4.69, 9.17) is 0 Å². The van der Waals surface area contributed by atoms with Crippen LogP contribution in [0.1, 0.15) is 12.8 Å². The van der Waals surface area contributed by atoms with E-state index in [0.29, 0.717) is 0 Å². The molecule has 2 aromatic heterocycles. The van der Waals surface area contributed by atoms with Gasteiger partial charge in [0.15, 0.2) is 0 Å². The van der Waals surface area contributed by atoms with Crippen LogP contribution in [-0.4, -0.2) is 9.13 Å². The van der Waals surface area contributed by atoms with Gasteiger partial charge in [-0.1, -0.05) is 72.8 Å². The zero-order valence-electron chi connectivity index (χ0n) is 17.0. The molecule has 0 radical (unpaired) electrons. The lowest BCUT2D eigenvalue weighted by Gasteiger charge is -2.10. The minimum Gasteiger partial charge on any atom is -0.340 e. The van der Waals surface area contributed by atoms with Gasteiger partial charge in [-0.3, -0.25) is 0 Å². The number of fused-ring (bicyclic) bond motifs is 6. The summed E-state index contributed by atoms with van der Waals surface area (Å²) in [4.78, 5) is 0. The molecule has 0 saturated carbocycles. The second kappa shape index (κ2) is 7.07. The number of hydrogen-bond donors (Lipinski definition) is 0. The van der Waals surface area contributed by atoms with Crippen LogP contribution in [0.4, 0.5) is 0 Å². The topological polar surface area (TPSA) is 9.86 Å². The molecule has 4 aromatic carbocycles. The molecular weight excluding hydrogens is 364 g/mol. The second-order valence-corrected chi connectivity index (χ2v) is 8.08. The van der Waals surface area contributed by atoms with E-state index in [0.717, 1.165) is 25.9 Å². The lowest BCUT2D eigenvalue weighted by Crippen LogP contribution is -2.02. The van der Waals surface area contributed by atoms with Gasteiger partial charge < -0.3 is 9.13 Å². The van der Waals surface area contributed by atoms with E-state index >= 15 is 0 Å². The van der Waals surface area contributed by atoms with Gasteiger partial charge in [-0.2, -0.15) is 0 Å². The van der Waals surface area contributed by atoms with Crippen LogP contribution in [0.15, 0.2) is 97.1 Å². The van der Waals surface area contributed by atoms with Gasteiger partial charge in [-0.25, -0.2) is 0 Å². The van der Waals surface area contributed by atoms with Gasteiger partial charge in [0, 0.05) is 56.7 Å². The third-order valence-corrected chi connectivity index (χ3v) is 6.37. The van der Waals surface area contributed by atoms with Gasteiger partial charge in [0.25, 0.3) is 0 Å². The number of hydrogen-bond acceptors (Lipinski definition) is 0. The molecule has 6 rings (SSSR count). The fourth-order valence-corrected chi connectivity index (χ4v) is 5.03. The van der Waals surface area contributed by atoms with Gasteiger partial charge in [0.1, 0.15) is 0 Å². The van der Waals surface area contributed by atoms with Crippen molar-refractivity contribution in [2.24, 2.45) is 0 Å². The number of aromatic nitrogens is 2. The smallest absolute Gasteiger partial charge is 0.0491 e. The highest BCUT2D eigenvalue weighted by Crippen LogP contribution is 2.30. The maximum Gasteiger partial charge on any atom is 0.0491 e. The molecular formula is C28H24N2. The molecule has 0 unspecified atom stereocenters. The summed E-state index contributed by atoms with van der Waals surface area (Å²) in [5, 5.41) is 5.43. The van der Waals surface area contributed by atoms with E-state index in [1.54, 1.807) is 0 Å². The van der Waals surface area contributed by atoms with Crippen molar-refractivity contribution in [1.29, 1.82) is 0 Å². The Hall–Kier alpha value is -3.52. The summed E-state index contributed by atoms with van der Waals surface area (Å²) in [6.07, 6.45) is 2.31. The Labute approximate surface area is 176 Å². The molecule has 0 fully saturated rings. The Morgan fingerprint density at radius 2 is 0.633 bits per heavy atom.